The van der Waals surface area contributed by atoms with Gasteiger partial charge in [0.15, 0.2) is 0 Å². The van der Waals surface area contributed by atoms with Gasteiger partial charge in [-0.15, -0.1) is 11.3 Å². The quantitative estimate of drug-likeness (QED) is 0.808. The molecular weight excluding hydrogens is 238 g/mol. The van der Waals surface area contributed by atoms with Crippen LogP contribution in [-0.4, -0.2) is 9.96 Å². The number of hydrogen-bond acceptors (Lipinski definition) is 3. The summed E-state index contributed by atoms with van der Waals surface area (Å²) in [4.78, 5) is 1.16. The van der Waals surface area contributed by atoms with E-state index in [1.165, 1.54) is 0 Å². The Morgan fingerprint density at radius 3 is 2.81 bits per heavy atom. The maximum atomic E-state index is 12.0. The second kappa shape index (κ2) is 5.60. The van der Waals surface area contributed by atoms with Crippen LogP contribution in [0.3, 0.4) is 0 Å². The Bertz CT molecular complexity index is 390. The summed E-state index contributed by atoms with van der Waals surface area (Å²) >= 11 is 1.64. The standard InChI is InChI=1S/C12H17NOS2/c1-10(11-5-4-7-15-11)16(14)8-6-12(2,3)9-13/h4-5,7,10H,6,8H2,1-3H3/t10-,16-/m1/s1. The maximum Gasteiger partial charge on any atom is 0.0684 e. The van der Waals surface area contributed by atoms with Gasteiger partial charge in [-0.05, 0) is 38.6 Å². The third-order valence-corrected chi connectivity index (χ3v) is 5.42. The summed E-state index contributed by atoms with van der Waals surface area (Å²) in [5, 5.41) is 11.0. The van der Waals surface area contributed by atoms with Crippen LogP contribution in [0.4, 0.5) is 0 Å². The van der Waals surface area contributed by atoms with E-state index < -0.39 is 10.8 Å². The fourth-order valence-corrected chi connectivity index (χ4v) is 3.79. The third kappa shape index (κ3) is 3.73. The Morgan fingerprint density at radius 2 is 2.31 bits per heavy atom. The van der Waals surface area contributed by atoms with Crippen molar-refractivity contribution in [2.75, 3.05) is 5.75 Å². The van der Waals surface area contributed by atoms with Crippen LogP contribution in [0.15, 0.2) is 17.5 Å². The molecule has 2 nitrogen and oxygen atoms in total. The zero-order valence-electron chi connectivity index (χ0n) is 9.90. The van der Waals surface area contributed by atoms with Crippen LogP contribution in [0.5, 0.6) is 0 Å². The fraction of sp³-hybridized carbons (Fsp3) is 0.583. The first-order valence-corrected chi connectivity index (χ1v) is 7.54. The molecule has 88 valence electrons. The molecule has 0 aliphatic carbocycles. The van der Waals surface area contributed by atoms with E-state index in [4.69, 9.17) is 5.26 Å². The van der Waals surface area contributed by atoms with Gasteiger partial charge in [0.25, 0.3) is 0 Å². The molecule has 0 aromatic carbocycles. The van der Waals surface area contributed by atoms with Crippen LogP contribution < -0.4 is 0 Å². The summed E-state index contributed by atoms with van der Waals surface area (Å²) in [5.74, 6) is 0.597. The van der Waals surface area contributed by atoms with Crippen molar-refractivity contribution in [3.8, 4) is 6.07 Å². The Kier molecular flexibility index (Phi) is 4.69. The van der Waals surface area contributed by atoms with Crippen LogP contribution in [-0.2, 0) is 10.8 Å². The molecule has 4 heteroatoms. The highest BCUT2D eigenvalue weighted by Crippen LogP contribution is 2.26. The molecule has 0 radical (unpaired) electrons. The lowest BCUT2D eigenvalue weighted by atomic mass is 9.93. The summed E-state index contributed by atoms with van der Waals surface area (Å²) in [6.45, 7) is 5.77. The van der Waals surface area contributed by atoms with Crippen LogP contribution in [0.25, 0.3) is 0 Å². The van der Waals surface area contributed by atoms with Crippen molar-refractivity contribution >= 4 is 22.1 Å². The lowest BCUT2D eigenvalue weighted by Gasteiger charge is -2.16. The average Bonchev–Trinajstić information content (AvgIpc) is 2.78. The van der Waals surface area contributed by atoms with E-state index in [0.29, 0.717) is 12.2 Å². The monoisotopic (exact) mass is 255 g/mol. The van der Waals surface area contributed by atoms with Gasteiger partial charge in [0.05, 0.1) is 16.7 Å². The van der Waals surface area contributed by atoms with E-state index in [1.807, 2.05) is 38.3 Å². The van der Waals surface area contributed by atoms with Gasteiger partial charge in [-0.25, -0.2) is 0 Å². The van der Waals surface area contributed by atoms with Crippen molar-refractivity contribution in [1.29, 1.82) is 5.26 Å². The zero-order chi connectivity index (χ0) is 12.2. The van der Waals surface area contributed by atoms with Crippen LogP contribution in [0.1, 0.15) is 37.3 Å². The highest BCUT2D eigenvalue weighted by Gasteiger charge is 2.21. The molecule has 0 spiro atoms. The summed E-state index contributed by atoms with van der Waals surface area (Å²) in [7, 11) is -0.883. The Labute approximate surface area is 104 Å². The van der Waals surface area contributed by atoms with Crippen molar-refractivity contribution < 1.29 is 4.21 Å². The molecule has 2 atom stereocenters. The van der Waals surface area contributed by atoms with Crippen LogP contribution >= 0.6 is 11.3 Å². The molecule has 1 aromatic heterocycles. The van der Waals surface area contributed by atoms with Gasteiger partial charge in [-0.1, -0.05) is 6.07 Å². The summed E-state index contributed by atoms with van der Waals surface area (Å²) in [6, 6.07) is 6.23. The van der Waals surface area contributed by atoms with Gasteiger partial charge >= 0.3 is 0 Å². The number of thiophene rings is 1. The van der Waals surface area contributed by atoms with Gasteiger partial charge < -0.3 is 0 Å². The molecule has 1 heterocycles. The van der Waals surface area contributed by atoms with E-state index in [-0.39, 0.29) is 10.7 Å². The van der Waals surface area contributed by atoms with Crippen molar-refractivity contribution in [3.63, 3.8) is 0 Å². The van der Waals surface area contributed by atoms with Gasteiger partial charge in [0.1, 0.15) is 0 Å². The summed E-state index contributed by atoms with van der Waals surface area (Å²) in [6.07, 6.45) is 0.686. The molecule has 0 aliphatic heterocycles. The van der Waals surface area contributed by atoms with Crippen molar-refractivity contribution in [2.45, 2.75) is 32.4 Å². The molecule has 0 bridgehead atoms. The van der Waals surface area contributed by atoms with E-state index in [0.717, 1.165) is 4.88 Å². The Hall–Kier alpha value is -0.660. The topological polar surface area (TPSA) is 40.9 Å². The van der Waals surface area contributed by atoms with Gasteiger partial charge in [0.2, 0.25) is 0 Å². The number of nitriles is 1. The van der Waals surface area contributed by atoms with Crippen molar-refractivity contribution in [3.05, 3.63) is 22.4 Å². The second-order valence-electron chi connectivity index (χ2n) is 4.49. The van der Waals surface area contributed by atoms with Crippen LogP contribution in [0, 0.1) is 16.7 Å². The first-order chi connectivity index (χ1) is 7.46. The molecule has 1 aromatic rings. The third-order valence-electron chi connectivity index (χ3n) is 2.57. The largest absolute Gasteiger partial charge is 0.259 e. The molecule has 0 N–H and O–H groups in total. The highest BCUT2D eigenvalue weighted by molar-refractivity contribution is 7.85. The minimum Gasteiger partial charge on any atom is -0.259 e. The fourth-order valence-electron chi connectivity index (χ4n) is 1.24. The van der Waals surface area contributed by atoms with E-state index in [1.54, 1.807) is 11.3 Å². The Balaban J connectivity index is 2.51. The normalized spacial score (nSPS) is 15.4. The summed E-state index contributed by atoms with van der Waals surface area (Å²) < 4.78 is 12.0. The minimum atomic E-state index is -0.883. The molecule has 0 saturated heterocycles. The van der Waals surface area contributed by atoms with Crippen LogP contribution in [0.2, 0.25) is 0 Å². The maximum absolute atomic E-state index is 12.0. The average molecular weight is 255 g/mol. The Morgan fingerprint density at radius 1 is 1.62 bits per heavy atom. The number of rotatable bonds is 5. The first-order valence-electron chi connectivity index (χ1n) is 5.28. The lowest BCUT2D eigenvalue weighted by Crippen LogP contribution is -2.15. The number of nitrogens with zero attached hydrogens (tertiary/aromatic N) is 1. The van der Waals surface area contributed by atoms with E-state index in [2.05, 4.69) is 6.07 Å². The highest BCUT2D eigenvalue weighted by atomic mass is 32.2. The van der Waals surface area contributed by atoms with Gasteiger partial charge in [0, 0.05) is 21.4 Å². The molecular formula is C12H17NOS2. The molecule has 0 unspecified atom stereocenters. The van der Waals surface area contributed by atoms with E-state index >= 15 is 0 Å². The second-order valence-corrected chi connectivity index (χ2v) is 7.34. The number of hydrogen-bond donors (Lipinski definition) is 0. The lowest BCUT2D eigenvalue weighted by molar-refractivity contribution is 0.478. The molecule has 0 amide bonds. The molecule has 0 aliphatic rings. The van der Waals surface area contributed by atoms with Crippen molar-refractivity contribution in [2.24, 2.45) is 5.41 Å². The minimum absolute atomic E-state index is 0.0782. The predicted molar refractivity (Wildman–Crippen MR) is 69.8 cm³/mol. The van der Waals surface area contributed by atoms with Gasteiger partial charge in [-0.3, -0.25) is 4.21 Å². The first kappa shape index (κ1) is 13.4. The molecule has 1 rings (SSSR count). The summed E-state index contributed by atoms with van der Waals surface area (Å²) in [5.41, 5.74) is -0.370. The predicted octanol–water partition coefficient (Wildman–Crippen LogP) is 3.50. The SMILES string of the molecule is C[C@H](c1cccs1)[S@](=O)CCC(C)(C)C#N. The zero-order valence-corrected chi connectivity index (χ0v) is 11.5. The smallest absolute Gasteiger partial charge is 0.0684 e. The molecule has 0 saturated carbocycles. The molecule has 0 fully saturated rings. The van der Waals surface area contributed by atoms with Crippen molar-refractivity contribution in [1.82, 2.24) is 0 Å². The van der Waals surface area contributed by atoms with E-state index in [9.17, 15) is 4.21 Å². The van der Waals surface area contributed by atoms with Gasteiger partial charge in [-0.2, -0.15) is 5.26 Å². The molecule has 16 heavy (non-hydrogen) atoms.